The van der Waals surface area contributed by atoms with Gasteiger partial charge in [0.15, 0.2) is 0 Å². The summed E-state index contributed by atoms with van der Waals surface area (Å²) in [6, 6.07) is 7.92. The quantitative estimate of drug-likeness (QED) is 0.846. The Kier molecular flexibility index (Phi) is 5.31. The molecule has 130 valence electrons. The maximum atomic E-state index is 12.6. The summed E-state index contributed by atoms with van der Waals surface area (Å²) in [6.45, 7) is 6.78. The van der Waals surface area contributed by atoms with Crippen LogP contribution in [0.4, 0.5) is 0 Å². The van der Waals surface area contributed by atoms with E-state index in [0.717, 1.165) is 30.9 Å². The van der Waals surface area contributed by atoms with Crippen molar-refractivity contribution in [3.05, 3.63) is 40.4 Å². The van der Waals surface area contributed by atoms with E-state index in [0.29, 0.717) is 24.1 Å². The van der Waals surface area contributed by atoms with Crippen LogP contribution in [-0.4, -0.2) is 39.7 Å². The Bertz CT molecular complexity index is 748. The number of fused-ring (bicyclic) bond motifs is 1. The zero-order valence-corrected chi connectivity index (χ0v) is 14.9. The number of hydrogen-bond acceptors (Lipinski definition) is 4. The average Bonchev–Trinajstić information content (AvgIpc) is 2.59. The van der Waals surface area contributed by atoms with Gasteiger partial charge in [-0.15, -0.1) is 0 Å². The van der Waals surface area contributed by atoms with Crippen LogP contribution in [0.25, 0.3) is 10.9 Å². The van der Waals surface area contributed by atoms with E-state index in [-0.39, 0.29) is 5.56 Å². The van der Waals surface area contributed by atoms with Crippen molar-refractivity contribution in [2.24, 2.45) is 7.05 Å². The number of hydrogen-bond donors (Lipinski definition) is 0. The third kappa shape index (κ3) is 3.68. The van der Waals surface area contributed by atoms with Gasteiger partial charge in [-0.2, -0.15) is 0 Å². The van der Waals surface area contributed by atoms with Crippen LogP contribution in [0.2, 0.25) is 0 Å². The van der Waals surface area contributed by atoms with Crippen LogP contribution in [0.3, 0.4) is 0 Å². The smallest absolute Gasteiger partial charge is 0.261 e. The van der Waals surface area contributed by atoms with E-state index >= 15 is 0 Å². The molecule has 1 aliphatic heterocycles. The Morgan fingerprint density at radius 1 is 1.33 bits per heavy atom. The fourth-order valence-electron chi connectivity index (χ4n) is 3.26. The molecule has 0 amide bonds. The number of nitrogens with zero attached hydrogens (tertiary/aromatic N) is 3. The SMILES string of the molecule is CC(C)N(Cc1nc2ccccc2c(=O)n1C)C[C@H]1CCCCO1. The van der Waals surface area contributed by atoms with Crippen molar-refractivity contribution >= 4 is 10.9 Å². The van der Waals surface area contributed by atoms with Crippen LogP contribution < -0.4 is 5.56 Å². The summed E-state index contributed by atoms with van der Waals surface area (Å²) in [4.78, 5) is 19.7. The molecule has 1 saturated heterocycles. The fourth-order valence-corrected chi connectivity index (χ4v) is 3.26. The Balaban J connectivity index is 1.85. The summed E-state index contributed by atoms with van der Waals surface area (Å²) in [5, 5.41) is 0.676. The second-order valence-corrected chi connectivity index (χ2v) is 6.92. The molecule has 0 saturated carbocycles. The lowest BCUT2D eigenvalue weighted by Crippen LogP contribution is -2.40. The van der Waals surface area contributed by atoms with Crippen molar-refractivity contribution in [3.63, 3.8) is 0 Å². The highest BCUT2D eigenvalue weighted by Gasteiger charge is 2.21. The largest absolute Gasteiger partial charge is 0.377 e. The molecule has 24 heavy (non-hydrogen) atoms. The van der Waals surface area contributed by atoms with Gasteiger partial charge in [0.25, 0.3) is 5.56 Å². The summed E-state index contributed by atoms with van der Waals surface area (Å²) in [6.07, 6.45) is 3.81. The average molecular weight is 329 g/mol. The van der Waals surface area contributed by atoms with E-state index < -0.39 is 0 Å². The molecular weight excluding hydrogens is 302 g/mol. The van der Waals surface area contributed by atoms with Gasteiger partial charge >= 0.3 is 0 Å². The lowest BCUT2D eigenvalue weighted by Gasteiger charge is -2.32. The van der Waals surface area contributed by atoms with Crippen LogP contribution in [0, 0.1) is 0 Å². The van der Waals surface area contributed by atoms with Crippen molar-refractivity contribution in [3.8, 4) is 0 Å². The molecule has 0 aliphatic carbocycles. The van der Waals surface area contributed by atoms with E-state index in [1.54, 1.807) is 4.57 Å². The molecule has 0 N–H and O–H groups in total. The van der Waals surface area contributed by atoms with Crippen LogP contribution in [-0.2, 0) is 18.3 Å². The number of ether oxygens (including phenoxy) is 1. The van der Waals surface area contributed by atoms with E-state index in [2.05, 4.69) is 18.7 Å². The predicted molar refractivity (Wildman–Crippen MR) is 96.1 cm³/mol. The molecule has 1 atom stereocenters. The summed E-state index contributed by atoms with van der Waals surface area (Å²) in [5.41, 5.74) is 0.793. The zero-order chi connectivity index (χ0) is 17.1. The second-order valence-electron chi connectivity index (χ2n) is 6.92. The molecule has 1 aliphatic rings. The highest BCUT2D eigenvalue weighted by Crippen LogP contribution is 2.17. The highest BCUT2D eigenvalue weighted by molar-refractivity contribution is 5.77. The normalized spacial score (nSPS) is 18.6. The monoisotopic (exact) mass is 329 g/mol. The summed E-state index contributed by atoms with van der Waals surface area (Å²) in [5.74, 6) is 0.809. The third-order valence-electron chi connectivity index (χ3n) is 4.86. The first-order valence-electron chi connectivity index (χ1n) is 8.86. The molecule has 2 heterocycles. The number of benzene rings is 1. The molecule has 1 fully saturated rings. The van der Waals surface area contributed by atoms with E-state index in [1.807, 2.05) is 31.3 Å². The van der Waals surface area contributed by atoms with Gasteiger partial charge in [-0.1, -0.05) is 12.1 Å². The topological polar surface area (TPSA) is 47.4 Å². The molecule has 1 aromatic heterocycles. The first-order valence-corrected chi connectivity index (χ1v) is 8.86. The minimum atomic E-state index is 0.0215. The lowest BCUT2D eigenvalue weighted by molar-refractivity contribution is -0.0136. The number of aromatic nitrogens is 2. The van der Waals surface area contributed by atoms with Gasteiger partial charge in [-0.3, -0.25) is 14.3 Å². The van der Waals surface area contributed by atoms with Crippen molar-refractivity contribution in [1.82, 2.24) is 14.5 Å². The molecule has 0 unspecified atom stereocenters. The minimum Gasteiger partial charge on any atom is -0.377 e. The Morgan fingerprint density at radius 2 is 2.12 bits per heavy atom. The van der Waals surface area contributed by atoms with Gasteiger partial charge in [-0.05, 0) is 45.2 Å². The van der Waals surface area contributed by atoms with Crippen LogP contribution in [0.1, 0.15) is 38.9 Å². The Hall–Kier alpha value is -1.72. The highest BCUT2D eigenvalue weighted by atomic mass is 16.5. The number of para-hydroxylation sites is 1. The first-order chi connectivity index (χ1) is 11.6. The summed E-state index contributed by atoms with van der Waals surface area (Å²) >= 11 is 0. The molecule has 3 rings (SSSR count). The zero-order valence-electron chi connectivity index (χ0n) is 14.9. The molecule has 0 bridgehead atoms. The molecule has 5 heteroatoms. The maximum Gasteiger partial charge on any atom is 0.261 e. The van der Waals surface area contributed by atoms with Gasteiger partial charge in [0.05, 0.1) is 23.6 Å². The minimum absolute atomic E-state index is 0.0215. The van der Waals surface area contributed by atoms with E-state index in [4.69, 9.17) is 9.72 Å². The van der Waals surface area contributed by atoms with Crippen molar-refractivity contribution < 1.29 is 4.74 Å². The van der Waals surface area contributed by atoms with E-state index in [9.17, 15) is 4.79 Å². The standard InChI is InChI=1S/C19H27N3O2/c1-14(2)22(12-15-8-6-7-11-24-15)13-18-20-17-10-5-4-9-16(17)19(23)21(18)3/h4-5,9-10,14-15H,6-8,11-13H2,1-3H3/t15-/m1/s1. The van der Waals surface area contributed by atoms with Crippen molar-refractivity contribution in [2.45, 2.75) is 51.8 Å². The van der Waals surface area contributed by atoms with Gasteiger partial charge in [0.2, 0.25) is 0 Å². The molecule has 0 radical (unpaired) electrons. The lowest BCUT2D eigenvalue weighted by atomic mass is 10.1. The van der Waals surface area contributed by atoms with Crippen LogP contribution in [0.5, 0.6) is 0 Å². The molecule has 2 aromatic rings. The fraction of sp³-hybridized carbons (Fsp3) is 0.579. The third-order valence-corrected chi connectivity index (χ3v) is 4.86. The Labute approximate surface area is 143 Å². The summed E-state index contributed by atoms with van der Waals surface area (Å²) < 4.78 is 7.57. The molecule has 5 nitrogen and oxygen atoms in total. The predicted octanol–water partition coefficient (Wildman–Crippen LogP) is 2.71. The van der Waals surface area contributed by atoms with Crippen LogP contribution in [0.15, 0.2) is 29.1 Å². The van der Waals surface area contributed by atoms with Gasteiger partial charge in [0, 0.05) is 26.2 Å². The Morgan fingerprint density at radius 3 is 2.83 bits per heavy atom. The van der Waals surface area contributed by atoms with Crippen molar-refractivity contribution in [2.75, 3.05) is 13.2 Å². The molecule has 0 spiro atoms. The number of rotatable bonds is 5. The maximum absolute atomic E-state index is 12.6. The van der Waals surface area contributed by atoms with Gasteiger partial charge in [0.1, 0.15) is 5.82 Å². The first kappa shape index (κ1) is 17.1. The van der Waals surface area contributed by atoms with Gasteiger partial charge in [-0.25, -0.2) is 4.98 Å². The van der Waals surface area contributed by atoms with Gasteiger partial charge < -0.3 is 4.74 Å². The van der Waals surface area contributed by atoms with E-state index in [1.165, 1.54) is 12.8 Å². The van der Waals surface area contributed by atoms with Crippen LogP contribution >= 0.6 is 0 Å². The summed E-state index contributed by atoms with van der Waals surface area (Å²) in [7, 11) is 1.81. The van der Waals surface area contributed by atoms with Crippen molar-refractivity contribution in [1.29, 1.82) is 0 Å². The molecular formula is C19H27N3O2. The molecule has 1 aromatic carbocycles. The second kappa shape index (κ2) is 7.45.